The van der Waals surface area contributed by atoms with E-state index in [1.165, 1.54) is 18.2 Å². The summed E-state index contributed by atoms with van der Waals surface area (Å²) in [6.45, 7) is 0.409. The van der Waals surface area contributed by atoms with E-state index in [4.69, 9.17) is 23.2 Å². The highest BCUT2D eigenvalue weighted by Gasteiger charge is 2.12. The molecule has 0 unspecified atom stereocenters. The van der Waals surface area contributed by atoms with Crippen molar-refractivity contribution in [1.82, 2.24) is 9.78 Å². The summed E-state index contributed by atoms with van der Waals surface area (Å²) >= 11 is 12.2. The van der Waals surface area contributed by atoms with Crippen LogP contribution in [0, 0.1) is 5.82 Å². The molecule has 128 valence electrons. The Balaban J connectivity index is 1.68. The lowest BCUT2D eigenvalue weighted by molar-refractivity contribution is 0.262. The van der Waals surface area contributed by atoms with E-state index < -0.39 is 11.8 Å². The van der Waals surface area contributed by atoms with E-state index in [1.807, 2.05) is 18.2 Å². The highest BCUT2D eigenvalue weighted by atomic mass is 35.5. The van der Waals surface area contributed by atoms with Gasteiger partial charge in [0.2, 0.25) is 0 Å². The molecule has 0 aliphatic carbocycles. The van der Waals surface area contributed by atoms with Crippen LogP contribution in [-0.2, 0) is 6.54 Å². The smallest absolute Gasteiger partial charge is 0.308 e. The molecule has 0 spiro atoms. The normalized spacial score (nSPS) is 10.5. The lowest BCUT2D eigenvalue weighted by atomic mass is 10.2. The molecule has 0 fully saturated rings. The topological polar surface area (TPSA) is 59.0 Å². The molecule has 0 bridgehead atoms. The minimum absolute atomic E-state index is 0.197. The zero-order chi connectivity index (χ0) is 17.8. The lowest BCUT2D eigenvalue weighted by Crippen LogP contribution is -2.20. The minimum atomic E-state index is -0.574. The van der Waals surface area contributed by atoms with Gasteiger partial charge in [0.1, 0.15) is 10.8 Å². The fourth-order valence-electron chi connectivity index (χ4n) is 2.20. The third-order valence-corrected chi connectivity index (χ3v) is 3.97. The molecule has 2 amide bonds. The molecular weight excluding hydrogens is 366 g/mol. The first-order chi connectivity index (χ1) is 12.0. The number of hydrogen-bond acceptors (Lipinski definition) is 2. The molecule has 8 heteroatoms. The fourth-order valence-corrected chi connectivity index (χ4v) is 2.59. The number of benzene rings is 2. The van der Waals surface area contributed by atoms with Gasteiger partial charge in [0.25, 0.3) is 0 Å². The van der Waals surface area contributed by atoms with Gasteiger partial charge in [0, 0.05) is 16.9 Å². The number of urea groups is 1. The Hall–Kier alpha value is -2.57. The Bertz CT molecular complexity index is 913. The predicted molar refractivity (Wildman–Crippen MR) is 96.8 cm³/mol. The van der Waals surface area contributed by atoms with Crippen LogP contribution >= 0.6 is 23.2 Å². The van der Waals surface area contributed by atoms with Gasteiger partial charge in [-0.1, -0.05) is 47.5 Å². The maximum atomic E-state index is 13.1. The van der Waals surface area contributed by atoms with E-state index in [1.54, 1.807) is 23.0 Å². The number of hydrogen-bond donors (Lipinski definition) is 2. The molecule has 0 atom stereocenters. The van der Waals surface area contributed by atoms with Crippen molar-refractivity contribution >= 4 is 40.7 Å². The van der Waals surface area contributed by atoms with E-state index in [9.17, 15) is 9.18 Å². The third kappa shape index (κ3) is 4.49. The quantitative estimate of drug-likeness (QED) is 0.669. The van der Waals surface area contributed by atoms with E-state index in [-0.39, 0.29) is 10.8 Å². The third-order valence-electron chi connectivity index (χ3n) is 3.32. The number of carbonyl (C=O) groups is 1. The maximum Gasteiger partial charge on any atom is 0.324 e. The van der Waals surface area contributed by atoms with E-state index >= 15 is 0 Å². The number of rotatable bonds is 4. The van der Waals surface area contributed by atoms with Gasteiger partial charge >= 0.3 is 6.03 Å². The first-order valence-corrected chi connectivity index (χ1v) is 8.07. The van der Waals surface area contributed by atoms with Crippen LogP contribution in [0.4, 0.5) is 20.7 Å². The van der Waals surface area contributed by atoms with Crippen LogP contribution in [0.2, 0.25) is 10.0 Å². The van der Waals surface area contributed by atoms with Crippen LogP contribution in [0.5, 0.6) is 0 Å². The van der Waals surface area contributed by atoms with Gasteiger partial charge in [-0.05, 0) is 29.8 Å². The summed E-state index contributed by atoms with van der Waals surface area (Å²) in [5, 5.41) is 10.2. The standard InChI is InChI=1S/C17H13Cl2FN4O/c18-14-7-2-1-4-11(14)9-24-10-15(19)16(23-24)22-17(25)21-13-6-3-5-12(20)8-13/h1-8,10H,9H2,(H2,21,22,23,25). The first kappa shape index (κ1) is 17.3. The van der Waals surface area contributed by atoms with Crippen LogP contribution in [0.3, 0.4) is 0 Å². The van der Waals surface area contributed by atoms with Crippen molar-refractivity contribution in [2.45, 2.75) is 6.54 Å². The van der Waals surface area contributed by atoms with Crippen molar-refractivity contribution in [3.63, 3.8) is 0 Å². The molecule has 3 aromatic rings. The van der Waals surface area contributed by atoms with E-state index in [0.717, 1.165) is 5.56 Å². The van der Waals surface area contributed by atoms with Gasteiger partial charge in [-0.25, -0.2) is 9.18 Å². The Morgan fingerprint density at radius 1 is 1.08 bits per heavy atom. The summed E-state index contributed by atoms with van der Waals surface area (Å²) in [5.74, 6) is -0.248. The largest absolute Gasteiger partial charge is 0.324 e. The van der Waals surface area contributed by atoms with Gasteiger partial charge in [0.05, 0.1) is 6.54 Å². The predicted octanol–water partition coefficient (Wildman–Crippen LogP) is 5.02. The summed E-state index contributed by atoms with van der Waals surface area (Å²) in [4.78, 5) is 12.0. The highest BCUT2D eigenvalue weighted by Crippen LogP contribution is 2.22. The molecule has 2 aromatic carbocycles. The van der Waals surface area contributed by atoms with Crippen LogP contribution in [-0.4, -0.2) is 15.8 Å². The van der Waals surface area contributed by atoms with E-state index in [0.29, 0.717) is 17.3 Å². The van der Waals surface area contributed by atoms with Crippen molar-refractivity contribution in [3.8, 4) is 0 Å². The SMILES string of the molecule is O=C(Nc1cccc(F)c1)Nc1nn(Cc2ccccc2Cl)cc1Cl. The molecule has 0 saturated carbocycles. The fraction of sp³-hybridized carbons (Fsp3) is 0.0588. The average molecular weight is 379 g/mol. The monoisotopic (exact) mass is 378 g/mol. The maximum absolute atomic E-state index is 13.1. The van der Waals surface area contributed by atoms with Crippen LogP contribution in [0.25, 0.3) is 0 Å². The Morgan fingerprint density at radius 3 is 2.64 bits per heavy atom. The van der Waals surface area contributed by atoms with Gasteiger partial charge in [-0.3, -0.25) is 10.00 Å². The lowest BCUT2D eigenvalue weighted by Gasteiger charge is -2.06. The van der Waals surface area contributed by atoms with Crippen LogP contribution in [0.1, 0.15) is 5.56 Å². The Kier molecular flexibility index (Phi) is 5.21. The minimum Gasteiger partial charge on any atom is -0.308 e. The van der Waals surface area contributed by atoms with Crippen molar-refractivity contribution in [2.24, 2.45) is 0 Å². The van der Waals surface area contributed by atoms with Gasteiger partial charge in [-0.15, -0.1) is 0 Å². The molecule has 0 radical (unpaired) electrons. The summed E-state index contributed by atoms with van der Waals surface area (Å²) in [5.41, 5.74) is 1.20. The molecule has 0 aliphatic heterocycles. The van der Waals surface area contributed by atoms with Gasteiger partial charge in [-0.2, -0.15) is 5.10 Å². The Morgan fingerprint density at radius 2 is 1.88 bits per heavy atom. The molecule has 0 aliphatic rings. The summed E-state index contributed by atoms with van der Waals surface area (Å²) in [6.07, 6.45) is 1.59. The van der Waals surface area contributed by atoms with E-state index in [2.05, 4.69) is 15.7 Å². The molecule has 1 heterocycles. The second-order valence-electron chi connectivity index (χ2n) is 5.20. The summed E-state index contributed by atoms with van der Waals surface area (Å²) in [6, 6.07) is 12.4. The average Bonchev–Trinajstić information content (AvgIpc) is 2.89. The second kappa shape index (κ2) is 7.55. The Labute approximate surface area is 153 Å². The number of aromatic nitrogens is 2. The van der Waals surface area contributed by atoms with Crippen molar-refractivity contribution in [3.05, 3.63) is 76.2 Å². The zero-order valence-corrected chi connectivity index (χ0v) is 14.4. The number of anilines is 2. The zero-order valence-electron chi connectivity index (χ0n) is 12.8. The van der Waals surface area contributed by atoms with Gasteiger partial charge < -0.3 is 5.32 Å². The summed E-state index contributed by atoms with van der Waals surface area (Å²) in [7, 11) is 0. The van der Waals surface area contributed by atoms with Crippen LogP contribution in [0.15, 0.2) is 54.7 Å². The molecule has 5 nitrogen and oxygen atoms in total. The molecule has 2 N–H and O–H groups in total. The number of halogens is 3. The molecule has 0 saturated heterocycles. The molecule has 25 heavy (non-hydrogen) atoms. The molecule has 1 aromatic heterocycles. The molecular formula is C17H13Cl2FN4O. The van der Waals surface area contributed by atoms with Crippen molar-refractivity contribution in [1.29, 1.82) is 0 Å². The number of amides is 2. The highest BCUT2D eigenvalue weighted by molar-refractivity contribution is 6.33. The van der Waals surface area contributed by atoms with Gasteiger partial charge in [0.15, 0.2) is 5.82 Å². The number of carbonyl (C=O) groups excluding carboxylic acids is 1. The number of nitrogens with one attached hydrogen (secondary N) is 2. The van der Waals surface area contributed by atoms with Crippen molar-refractivity contribution in [2.75, 3.05) is 10.6 Å². The van der Waals surface area contributed by atoms with Crippen LogP contribution < -0.4 is 10.6 Å². The summed E-state index contributed by atoms with van der Waals surface area (Å²) < 4.78 is 14.7. The second-order valence-corrected chi connectivity index (χ2v) is 6.02. The van der Waals surface area contributed by atoms with Crippen molar-refractivity contribution < 1.29 is 9.18 Å². The first-order valence-electron chi connectivity index (χ1n) is 7.31. The number of nitrogens with zero attached hydrogens (tertiary/aromatic N) is 2. The molecule has 3 rings (SSSR count).